The Morgan fingerprint density at radius 3 is 2.33 bits per heavy atom. The normalized spacial score (nSPS) is 18.6. The molecule has 1 aromatic carbocycles. The molecule has 3 rings (SSSR count). The Bertz CT molecular complexity index is 1000. The number of aromatic nitrogens is 2. The number of carbonyl (C=O) groups is 2. The van der Waals surface area contributed by atoms with Gasteiger partial charge in [0.1, 0.15) is 5.76 Å². The number of benzene rings is 1. The number of likely N-dealkylation sites (tertiary alicyclic amines) is 1. The lowest BCUT2D eigenvalue weighted by atomic mass is 9.93. The van der Waals surface area contributed by atoms with Crippen LogP contribution in [-0.4, -0.2) is 51.7 Å². The molecule has 30 heavy (non-hydrogen) atoms. The topological polar surface area (TPSA) is 84.7 Å². The van der Waals surface area contributed by atoms with E-state index in [0.717, 1.165) is 16.8 Å². The molecule has 1 unspecified atom stereocenters. The molecule has 1 atom stereocenters. The first-order chi connectivity index (χ1) is 14.2. The smallest absolute Gasteiger partial charge is 0.295 e. The fourth-order valence-electron chi connectivity index (χ4n) is 3.96. The van der Waals surface area contributed by atoms with Crippen molar-refractivity contribution in [3.05, 3.63) is 57.9 Å². The average molecular weight is 412 g/mol. The fraction of sp³-hybridized carbons (Fsp3) is 0.435. The Morgan fingerprint density at radius 1 is 1.20 bits per heavy atom. The second kappa shape index (κ2) is 8.44. The number of ketones is 1. The molecule has 0 saturated carbocycles. The number of amides is 1. The largest absolute Gasteiger partial charge is 0.507 e. The Balaban J connectivity index is 2.20. The molecule has 1 aliphatic heterocycles. The molecule has 1 aromatic heterocycles. The molecule has 1 amide bonds. The zero-order chi connectivity index (χ0) is 22.2. The number of ether oxygens (including phenoxy) is 1. The number of carbonyl (C=O) groups excluding carboxylic acids is 2. The van der Waals surface area contributed by atoms with Crippen molar-refractivity contribution in [2.24, 2.45) is 7.05 Å². The van der Waals surface area contributed by atoms with Crippen molar-refractivity contribution in [2.45, 2.75) is 39.7 Å². The summed E-state index contributed by atoms with van der Waals surface area (Å²) in [5, 5.41) is 15.5. The van der Waals surface area contributed by atoms with Gasteiger partial charge in [0.05, 0.1) is 29.5 Å². The molecule has 1 fully saturated rings. The number of aryl methyl sites for hydroxylation is 2. The molecule has 0 bridgehead atoms. The number of methoxy groups -OCH3 is 1. The SMILES string of the molecule is COCCN1C(=O)C(=O)/C(=C(/O)c2c(C)nn(C)c2C)C1c1ccc(C(C)C)cc1. The van der Waals surface area contributed by atoms with E-state index in [-0.39, 0.29) is 17.9 Å². The Morgan fingerprint density at radius 2 is 1.83 bits per heavy atom. The number of hydrogen-bond donors (Lipinski definition) is 1. The van der Waals surface area contributed by atoms with E-state index in [0.29, 0.717) is 23.8 Å². The summed E-state index contributed by atoms with van der Waals surface area (Å²) in [4.78, 5) is 27.3. The summed E-state index contributed by atoms with van der Waals surface area (Å²) in [7, 11) is 3.32. The van der Waals surface area contributed by atoms with Crippen molar-refractivity contribution in [1.82, 2.24) is 14.7 Å². The van der Waals surface area contributed by atoms with Crippen LogP contribution < -0.4 is 0 Å². The van der Waals surface area contributed by atoms with Crippen LogP contribution in [0.5, 0.6) is 0 Å². The van der Waals surface area contributed by atoms with Crippen molar-refractivity contribution in [1.29, 1.82) is 0 Å². The third kappa shape index (κ3) is 3.65. The van der Waals surface area contributed by atoms with Gasteiger partial charge in [-0.2, -0.15) is 5.10 Å². The minimum absolute atomic E-state index is 0.0904. The first-order valence-electron chi connectivity index (χ1n) is 10.1. The lowest BCUT2D eigenvalue weighted by Crippen LogP contribution is -2.32. The highest BCUT2D eigenvalue weighted by Gasteiger charge is 2.46. The molecule has 2 heterocycles. The quantitative estimate of drug-likeness (QED) is 0.448. The van der Waals surface area contributed by atoms with E-state index in [4.69, 9.17) is 4.74 Å². The maximum absolute atomic E-state index is 13.0. The summed E-state index contributed by atoms with van der Waals surface area (Å²) in [5.74, 6) is -1.15. The summed E-state index contributed by atoms with van der Waals surface area (Å²) < 4.78 is 6.80. The summed E-state index contributed by atoms with van der Waals surface area (Å²) >= 11 is 0. The third-order valence-corrected chi connectivity index (χ3v) is 5.74. The minimum Gasteiger partial charge on any atom is -0.507 e. The van der Waals surface area contributed by atoms with Gasteiger partial charge in [-0.3, -0.25) is 14.3 Å². The highest BCUT2D eigenvalue weighted by atomic mass is 16.5. The van der Waals surface area contributed by atoms with E-state index < -0.39 is 17.7 Å². The van der Waals surface area contributed by atoms with Crippen LogP contribution in [0.25, 0.3) is 5.76 Å². The van der Waals surface area contributed by atoms with Crippen LogP contribution in [0.4, 0.5) is 0 Å². The zero-order valence-electron chi connectivity index (χ0n) is 18.4. The van der Waals surface area contributed by atoms with Crippen molar-refractivity contribution in [3.63, 3.8) is 0 Å². The summed E-state index contributed by atoms with van der Waals surface area (Å²) in [6.45, 7) is 8.34. The van der Waals surface area contributed by atoms with Gasteiger partial charge in [-0.05, 0) is 30.9 Å². The Labute approximate surface area is 177 Å². The second-order valence-corrected chi connectivity index (χ2v) is 7.98. The number of aliphatic hydroxyl groups excluding tert-OH is 1. The summed E-state index contributed by atoms with van der Waals surface area (Å²) in [6, 6.07) is 7.15. The minimum atomic E-state index is -0.691. The van der Waals surface area contributed by atoms with Crippen LogP contribution in [0.15, 0.2) is 29.8 Å². The van der Waals surface area contributed by atoms with E-state index in [1.54, 1.807) is 25.8 Å². The Hall–Kier alpha value is -2.93. The van der Waals surface area contributed by atoms with Crippen LogP contribution >= 0.6 is 0 Å². The van der Waals surface area contributed by atoms with E-state index >= 15 is 0 Å². The van der Waals surface area contributed by atoms with Gasteiger partial charge in [0.25, 0.3) is 11.7 Å². The first kappa shape index (κ1) is 21.8. The van der Waals surface area contributed by atoms with Gasteiger partial charge < -0.3 is 14.7 Å². The van der Waals surface area contributed by atoms with Crippen LogP contribution in [0, 0.1) is 13.8 Å². The lowest BCUT2D eigenvalue weighted by molar-refractivity contribution is -0.140. The van der Waals surface area contributed by atoms with Gasteiger partial charge in [-0.25, -0.2) is 0 Å². The first-order valence-corrected chi connectivity index (χ1v) is 10.1. The fourth-order valence-corrected chi connectivity index (χ4v) is 3.96. The molecule has 0 radical (unpaired) electrons. The van der Waals surface area contributed by atoms with Gasteiger partial charge in [-0.1, -0.05) is 38.1 Å². The van der Waals surface area contributed by atoms with Crippen molar-refractivity contribution < 1.29 is 19.4 Å². The number of rotatable bonds is 6. The predicted molar refractivity (Wildman–Crippen MR) is 114 cm³/mol. The van der Waals surface area contributed by atoms with E-state index in [2.05, 4.69) is 18.9 Å². The molecule has 2 aromatic rings. The van der Waals surface area contributed by atoms with Crippen molar-refractivity contribution >= 4 is 17.4 Å². The number of aliphatic hydroxyl groups is 1. The average Bonchev–Trinajstić information content (AvgIpc) is 3.11. The monoisotopic (exact) mass is 411 g/mol. The predicted octanol–water partition coefficient (Wildman–Crippen LogP) is 3.23. The lowest BCUT2D eigenvalue weighted by Gasteiger charge is -2.25. The van der Waals surface area contributed by atoms with Crippen molar-refractivity contribution in [3.8, 4) is 0 Å². The second-order valence-electron chi connectivity index (χ2n) is 7.98. The van der Waals surface area contributed by atoms with Crippen LogP contribution in [0.1, 0.15) is 53.9 Å². The van der Waals surface area contributed by atoms with Gasteiger partial charge in [0, 0.05) is 26.4 Å². The highest BCUT2D eigenvalue weighted by molar-refractivity contribution is 6.46. The zero-order valence-corrected chi connectivity index (χ0v) is 18.4. The molecule has 0 spiro atoms. The molecule has 0 aliphatic carbocycles. The molecule has 7 nitrogen and oxygen atoms in total. The van der Waals surface area contributed by atoms with Crippen LogP contribution in [-0.2, 0) is 21.4 Å². The maximum Gasteiger partial charge on any atom is 0.295 e. The molecule has 1 N–H and O–H groups in total. The standard InChI is InChI=1S/C23H29N3O4/c1-13(2)16-7-9-17(10-8-16)20-19(22(28)23(29)26(20)11-12-30-6)21(27)18-14(3)24-25(5)15(18)4/h7-10,13,20,27H,11-12H2,1-6H3/b21-19+. The summed E-state index contributed by atoms with van der Waals surface area (Å²) in [6.07, 6.45) is 0. The maximum atomic E-state index is 13.0. The van der Waals surface area contributed by atoms with Gasteiger partial charge in [0.15, 0.2) is 0 Å². The number of hydrogen-bond acceptors (Lipinski definition) is 5. The van der Waals surface area contributed by atoms with E-state index in [1.807, 2.05) is 31.2 Å². The van der Waals surface area contributed by atoms with Gasteiger partial charge in [0.2, 0.25) is 0 Å². The number of Topliss-reactive ketones (excluding diaryl/α,β-unsaturated/α-hetero) is 1. The van der Waals surface area contributed by atoms with Crippen LogP contribution in [0.3, 0.4) is 0 Å². The third-order valence-electron chi connectivity index (χ3n) is 5.74. The Kier molecular flexibility index (Phi) is 6.12. The van der Waals surface area contributed by atoms with Crippen molar-refractivity contribution in [2.75, 3.05) is 20.3 Å². The number of nitrogens with zero attached hydrogens (tertiary/aromatic N) is 3. The van der Waals surface area contributed by atoms with E-state index in [1.165, 1.54) is 4.90 Å². The molecule has 7 heteroatoms. The molecular weight excluding hydrogens is 382 g/mol. The summed E-state index contributed by atoms with van der Waals surface area (Å²) in [5.41, 5.74) is 3.84. The molecule has 1 aliphatic rings. The van der Waals surface area contributed by atoms with E-state index in [9.17, 15) is 14.7 Å². The highest BCUT2D eigenvalue weighted by Crippen LogP contribution is 2.40. The van der Waals surface area contributed by atoms with Gasteiger partial charge >= 0.3 is 0 Å². The van der Waals surface area contributed by atoms with Gasteiger partial charge in [-0.15, -0.1) is 0 Å². The molecule has 160 valence electrons. The molecule has 1 saturated heterocycles. The molecular formula is C23H29N3O4. The van der Waals surface area contributed by atoms with Crippen LogP contribution in [0.2, 0.25) is 0 Å².